The van der Waals surface area contributed by atoms with E-state index in [0.29, 0.717) is 22.5 Å². The van der Waals surface area contributed by atoms with Crippen LogP contribution >= 0.6 is 0 Å². The van der Waals surface area contributed by atoms with Gasteiger partial charge in [-0.2, -0.15) is 0 Å². The number of nitrogens with one attached hydrogen (secondary N) is 3. The van der Waals surface area contributed by atoms with Crippen LogP contribution in [0.25, 0.3) is 11.0 Å². The predicted molar refractivity (Wildman–Crippen MR) is 88.8 cm³/mol. The van der Waals surface area contributed by atoms with Crippen molar-refractivity contribution in [1.29, 1.82) is 0 Å². The Hall–Kier alpha value is -3.02. The van der Waals surface area contributed by atoms with Gasteiger partial charge in [0.2, 0.25) is 0 Å². The van der Waals surface area contributed by atoms with E-state index in [9.17, 15) is 9.59 Å². The van der Waals surface area contributed by atoms with Gasteiger partial charge in [-0.15, -0.1) is 0 Å². The molecule has 6 nitrogen and oxygen atoms in total. The lowest BCUT2D eigenvalue weighted by molar-refractivity contribution is -0.122. The van der Waals surface area contributed by atoms with E-state index in [1.807, 2.05) is 31.2 Å². The van der Waals surface area contributed by atoms with Crippen LogP contribution in [0, 0.1) is 6.92 Å². The van der Waals surface area contributed by atoms with E-state index in [-0.39, 0.29) is 11.6 Å². The van der Waals surface area contributed by atoms with Crippen LogP contribution < -0.4 is 15.7 Å². The molecule has 0 aliphatic heterocycles. The molecule has 0 aliphatic rings. The van der Waals surface area contributed by atoms with Gasteiger partial charge >= 0.3 is 5.69 Å². The number of aromatic amines is 2. The fraction of sp³-hybridized carbons (Fsp3) is 0.176. The molecular formula is C17H17N3O3. The molecule has 0 aliphatic carbocycles. The third kappa shape index (κ3) is 3.42. The Kier molecular flexibility index (Phi) is 3.89. The molecule has 1 heterocycles. The summed E-state index contributed by atoms with van der Waals surface area (Å²) in [5.74, 6) is 0.381. The third-order valence-corrected chi connectivity index (χ3v) is 3.49. The van der Waals surface area contributed by atoms with E-state index in [4.69, 9.17) is 4.74 Å². The second kappa shape index (κ2) is 6.00. The summed E-state index contributed by atoms with van der Waals surface area (Å²) >= 11 is 0. The molecule has 3 N–H and O–H groups in total. The first-order valence-electron chi connectivity index (χ1n) is 7.27. The quantitative estimate of drug-likeness (QED) is 0.692. The lowest BCUT2D eigenvalue weighted by Gasteiger charge is -2.15. The molecule has 3 aromatic rings. The zero-order chi connectivity index (χ0) is 16.4. The Balaban J connectivity index is 1.69. The topological polar surface area (TPSA) is 87.0 Å². The van der Waals surface area contributed by atoms with Gasteiger partial charge in [-0.05, 0) is 44.2 Å². The summed E-state index contributed by atoms with van der Waals surface area (Å²) in [5, 5.41) is 2.77. The van der Waals surface area contributed by atoms with Crippen molar-refractivity contribution in [3.8, 4) is 5.75 Å². The number of aromatic nitrogens is 2. The number of fused-ring (bicyclic) bond motifs is 1. The standard InChI is InChI=1S/C17H17N3O3/c1-10-3-6-13(7-4-10)23-11(2)16(21)18-12-5-8-14-15(9-12)20-17(22)19-14/h3-9,11H,1-2H3,(H,18,21)(H2,19,20,22). The molecule has 1 aromatic heterocycles. The average Bonchev–Trinajstić information content (AvgIpc) is 2.88. The van der Waals surface area contributed by atoms with Crippen molar-refractivity contribution in [2.45, 2.75) is 20.0 Å². The lowest BCUT2D eigenvalue weighted by atomic mass is 10.2. The van der Waals surface area contributed by atoms with Crippen LogP contribution in [0.3, 0.4) is 0 Å². The second-order valence-corrected chi connectivity index (χ2v) is 5.40. The number of hydrogen-bond donors (Lipinski definition) is 3. The zero-order valence-corrected chi connectivity index (χ0v) is 12.8. The van der Waals surface area contributed by atoms with Crippen LogP contribution in [-0.2, 0) is 4.79 Å². The maximum Gasteiger partial charge on any atom is 0.323 e. The maximum absolute atomic E-state index is 12.2. The van der Waals surface area contributed by atoms with Crippen LogP contribution in [0.4, 0.5) is 5.69 Å². The fourth-order valence-corrected chi connectivity index (χ4v) is 2.23. The monoisotopic (exact) mass is 311 g/mol. The van der Waals surface area contributed by atoms with Gasteiger partial charge in [0, 0.05) is 5.69 Å². The number of rotatable bonds is 4. The van der Waals surface area contributed by atoms with E-state index in [1.165, 1.54) is 0 Å². The SMILES string of the molecule is Cc1ccc(OC(C)C(=O)Nc2ccc3[nH]c(=O)[nH]c3c2)cc1. The minimum Gasteiger partial charge on any atom is -0.481 e. The van der Waals surface area contributed by atoms with Crippen molar-refractivity contribution in [2.24, 2.45) is 0 Å². The van der Waals surface area contributed by atoms with Crippen LogP contribution in [-0.4, -0.2) is 22.0 Å². The summed E-state index contributed by atoms with van der Waals surface area (Å²) < 4.78 is 5.62. The Morgan fingerprint density at radius 2 is 1.78 bits per heavy atom. The summed E-state index contributed by atoms with van der Waals surface area (Å²) in [6, 6.07) is 12.7. The smallest absolute Gasteiger partial charge is 0.323 e. The molecule has 0 radical (unpaired) electrons. The molecule has 0 bridgehead atoms. The Bertz CT molecular complexity index is 893. The number of benzene rings is 2. The number of aryl methyl sites for hydroxylation is 1. The van der Waals surface area contributed by atoms with Gasteiger partial charge in [-0.25, -0.2) is 4.79 Å². The molecule has 6 heteroatoms. The van der Waals surface area contributed by atoms with Crippen molar-refractivity contribution in [3.05, 3.63) is 58.5 Å². The van der Waals surface area contributed by atoms with Crippen molar-refractivity contribution in [2.75, 3.05) is 5.32 Å². The van der Waals surface area contributed by atoms with Gasteiger partial charge < -0.3 is 20.0 Å². The molecule has 3 rings (SSSR count). The molecule has 0 fully saturated rings. The largest absolute Gasteiger partial charge is 0.481 e. The number of carbonyl (C=O) groups is 1. The lowest BCUT2D eigenvalue weighted by Crippen LogP contribution is -2.30. The Morgan fingerprint density at radius 1 is 1.09 bits per heavy atom. The second-order valence-electron chi connectivity index (χ2n) is 5.40. The predicted octanol–water partition coefficient (Wildman–Crippen LogP) is 2.57. The maximum atomic E-state index is 12.2. The highest BCUT2D eigenvalue weighted by Crippen LogP contribution is 2.17. The molecule has 1 unspecified atom stereocenters. The number of amides is 1. The summed E-state index contributed by atoms with van der Waals surface area (Å²) in [6.45, 7) is 3.67. The summed E-state index contributed by atoms with van der Waals surface area (Å²) in [7, 11) is 0. The molecule has 0 saturated carbocycles. The molecular weight excluding hydrogens is 294 g/mol. The number of hydrogen-bond acceptors (Lipinski definition) is 3. The van der Waals surface area contributed by atoms with E-state index < -0.39 is 6.10 Å². The summed E-state index contributed by atoms with van der Waals surface area (Å²) in [5.41, 5.74) is 2.77. The van der Waals surface area contributed by atoms with Crippen LogP contribution in [0.2, 0.25) is 0 Å². The Labute approximate surface area is 132 Å². The number of imidazole rings is 1. The number of H-pyrrole nitrogens is 2. The van der Waals surface area contributed by atoms with Crippen molar-refractivity contribution in [1.82, 2.24) is 9.97 Å². The van der Waals surface area contributed by atoms with Crippen LogP contribution in [0.15, 0.2) is 47.3 Å². The van der Waals surface area contributed by atoms with E-state index >= 15 is 0 Å². The molecule has 1 amide bonds. The zero-order valence-electron chi connectivity index (χ0n) is 12.8. The Morgan fingerprint density at radius 3 is 2.52 bits per heavy atom. The molecule has 118 valence electrons. The fourth-order valence-electron chi connectivity index (χ4n) is 2.23. The van der Waals surface area contributed by atoms with Crippen LogP contribution in [0.1, 0.15) is 12.5 Å². The van der Waals surface area contributed by atoms with Gasteiger partial charge in [0.05, 0.1) is 11.0 Å². The summed E-state index contributed by atoms with van der Waals surface area (Å²) in [4.78, 5) is 28.8. The molecule has 0 spiro atoms. The van der Waals surface area contributed by atoms with Gasteiger partial charge in [-0.1, -0.05) is 17.7 Å². The van der Waals surface area contributed by atoms with Gasteiger partial charge in [-0.3, -0.25) is 4.79 Å². The van der Waals surface area contributed by atoms with Gasteiger partial charge in [0.1, 0.15) is 5.75 Å². The normalized spacial score (nSPS) is 12.1. The van der Waals surface area contributed by atoms with E-state index in [0.717, 1.165) is 5.56 Å². The first-order chi connectivity index (χ1) is 11.0. The first-order valence-corrected chi connectivity index (χ1v) is 7.27. The van der Waals surface area contributed by atoms with Crippen molar-refractivity contribution < 1.29 is 9.53 Å². The first kappa shape index (κ1) is 14.9. The minimum atomic E-state index is -0.640. The van der Waals surface area contributed by atoms with Gasteiger partial charge in [0.25, 0.3) is 5.91 Å². The number of anilines is 1. The molecule has 2 aromatic carbocycles. The van der Waals surface area contributed by atoms with Crippen molar-refractivity contribution in [3.63, 3.8) is 0 Å². The highest BCUT2D eigenvalue weighted by molar-refractivity contribution is 5.95. The van der Waals surface area contributed by atoms with Crippen molar-refractivity contribution >= 4 is 22.6 Å². The molecule has 1 atom stereocenters. The number of carbonyl (C=O) groups excluding carboxylic acids is 1. The molecule has 0 saturated heterocycles. The number of ether oxygens (including phenoxy) is 1. The third-order valence-electron chi connectivity index (χ3n) is 3.49. The van der Waals surface area contributed by atoms with Crippen LogP contribution in [0.5, 0.6) is 5.75 Å². The highest BCUT2D eigenvalue weighted by atomic mass is 16.5. The minimum absolute atomic E-state index is 0.261. The summed E-state index contributed by atoms with van der Waals surface area (Å²) in [6.07, 6.45) is -0.640. The molecule has 23 heavy (non-hydrogen) atoms. The highest BCUT2D eigenvalue weighted by Gasteiger charge is 2.15. The van der Waals surface area contributed by atoms with E-state index in [2.05, 4.69) is 15.3 Å². The van der Waals surface area contributed by atoms with Gasteiger partial charge in [0.15, 0.2) is 6.10 Å². The average molecular weight is 311 g/mol. The van der Waals surface area contributed by atoms with E-state index in [1.54, 1.807) is 25.1 Å².